The minimum Gasteiger partial charge on any atom is -0.496 e. The minimum atomic E-state index is -0.170. The number of methoxy groups -OCH3 is 2. The van der Waals surface area contributed by atoms with Crippen LogP contribution in [-0.4, -0.2) is 37.2 Å². The number of likely N-dealkylation sites (tertiary alicyclic amines) is 1. The summed E-state index contributed by atoms with van der Waals surface area (Å²) in [6, 6.07) is 19.2. The first-order valence-corrected chi connectivity index (χ1v) is 10.6. The van der Waals surface area contributed by atoms with Crippen molar-refractivity contribution in [3.63, 3.8) is 0 Å². The van der Waals surface area contributed by atoms with Crippen molar-refractivity contribution in [2.45, 2.75) is 31.9 Å². The van der Waals surface area contributed by atoms with Crippen molar-refractivity contribution in [2.24, 2.45) is 0 Å². The molecule has 0 atom stereocenters. The summed E-state index contributed by atoms with van der Waals surface area (Å²) >= 11 is 0. The Kier molecular flexibility index (Phi) is 6.16. The summed E-state index contributed by atoms with van der Waals surface area (Å²) in [7, 11) is 3.57. The lowest BCUT2D eigenvalue weighted by atomic mass is 9.84. The van der Waals surface area contributed by atoms with E-state index >= 15 is 0 Å². The Labute approximate surface area is 179 Å². The van der Waals surface area contributed by atoms with E-state index in [4.69, 9.17) is 9.47 Å². The predicted molar refractivity (Wildman–Crippen MR) is 121 cm³/mol. The quantitative estimate of drug-likeness (QED) is 0.567. The first kappa shape index (κ1) is 20.6. The molecule has 30 heavy (non-hydrogen) atoms. The number of piperidine rings is 1. The predicted octanol–water partition coefficient (Wildman–Crippen LogP) is 5.20. The molecule has 1 saturated heterocycles. The van der Waals surface area contributed by atoms with Gasteiger partial charge in [-0.3, -0.25) is 9.88 Å². The molecule has 3 aromatic rings. The molecule has 0 spiro atoms. The number of hydrogen-bond acceptors (Lipinski definition) is 4. The van der Waals surface area contributed by atoms with Crippen LogP contribution in [-0.2, 0) is 16.9 Å². The van der Waals surface area contributed by atoms with E-state index in [1.165, 1.54) is 16.7 Å². The van der Waals surface area contributed by atoms with Gasteiger partial charge in [-0.25, -0.2) is 0 Å². The zero-order valence-electron chi connectivity index (χ0n) is 18.1. The Morgan fingerprint density at radius 2 is 1.73 bits per heavy atom. The maximum Gasteiger partial charge on any atom is 0.126 e. The van der Waals surface area contributed by atoms with Crippen molar-refractivity contribution in [1.82, 2.24) is 9.88 Å². The molecule has 1 fully saturated rings. The fraction of sp³-hybridized carbons (Fsp3) is 0.346. The third-order valence-electron chi connectivity index (χ3n) is 6.33. The Morgan fingerprint density at radius 3 is 2.40 bits per heavy atom. The molecular weight excluding hydrogens is 372 g/mol. The lowest BCUT2D eigenvalue weighted by Crippen LogP contribution is -2.43. The smallest absolute Gasteiger partial charge is 0.126 e. The van der Waals surface area contributed by atoms with E-state index in [2.05, 4.69) is 71.4 Å². The van der Waals surface area contributed by atoms with Crippen LogP contribution in [0.1, 0.15) is 29.5 Å². The number of rotatable bonds is 6. The molecule has 2 heterocycles. The van der Waals surface area contributed by atoms with E-state index in [9.17, 15) is 0 Å². The van der Waals surface area contributed by atoms with E-state index in [0.717, 1.165) is 49.4 Å². The molecule has 0 amide bonds. The highest BCUT2D eigenvalue weighted by atomic mass is 16.5. The van der Waals surface area contributed by atoms with Gasteiger partial charge in [0.1, 0.15) is 5.75 Å². The summed E-state index contributed by atoms with van der Waals surface area (Å²) in [5.41, 5.74) is 5.86. The molecule has 2 aromatic carbocycles. The first-order valence-electron chi connectivity index (χ1n) is 10.6. The van der Waals surface area contributed by atoms with Gasteiger partial charge >= 0.3 is 0 Å². The number of ether oxygens (including phenoxy) is 2. The molecule has 0 N–H and O–H groups in total. The molecule has 4 nitrogen and oxygen atoms in total. The lowest BCUT2D eigenvalue weighted by Gasteiger charge is -2.41. The van der Waals surface area contributed by atoms with Crippen LogP contribution in [0.4, 0.5) is 0 Å². The molecular formula is C26H30N2O2. The van der Waals surface area contributed by atoms with Crippen LogP contribution in [0.15, 0.2) is 67.0 Å². The summed E-state index contributed by atoms with van der Waals surface area (Å²) in [6.45, 7) is 5.04. The van der Waals surface area contributed by atoms with Crippen LogP contribution >= 0.6 is 0 Å². The molecule has 156 valence electrons. The molecule has 4 heteroatoms. The van der Waals surface area contributed by atoms with E-state index in [1.54, 1.807) is 7.11 Å². The fourth-order valence-corrected chi connectivity index (χ4v) is 4.52. The molecule has 0 bridgehead atoms. The largest absolute Gasteiger partial charge is 0.496 e. The third-order valence-corrected chi connectivity index (χ3v) is 6.33. The molecule has 4 rings (SSSR count). The van der Waals surface area contributed by atoms with Crippen molar-refractivity contribution in [1.29, 1.82) is 0 Å². The summed E-state index contributed by atoms with van der Waals surface area (Å²) in [4.78, 5) is 6.75. The van der Waals surface area contributed by atoms with Crippen molar-refractivity contribution in [2.75, 3.05) is 27.3 Å². The van der Waals surface area contributed by atoms with Crippen molar-refractivity contribution < 1.29 is 9.47 Å². The topological polar surface area (TPSA) is 34.6 Å². The van der Waals surface area contributed by atoms with Gasteiger partial charge in [-0.15, -0.1) is 0 Å². The fourth-order valence-electron chi connectivity index (χ4n) is 4.52. The van der Waals surface area contributed by atoms with E-state index in [1.807, 2.05) is 19.5 Å². The van der Waals surface area contributed by atoms with Gasteiger partial charge in [-0.05, 0) is 60.2 Å². The number of hydrogen-bond donors (Lipinski definition) is 0. The highest BCUT2D eigenvalue weighted by Gasteiger charge is 2.36. The van der Waals surface area contributed by atoms with Crippen LogP contribution in [0.2, 0.25) is 0 Å². The van der Waals surface area contributed by atoms with E-state index in [-0.39, 0.29) is 5.60 Å². The standard InChI is InChI=1S/C26H30N2O2/c1-20-18-27-14-11-23(20)24-17-21(9-10-25(24)29-2)19-28-15-12-26(30-3,13-16-28)22-7-5-4-6-8-22/h4-11,14,17-18H,12-13,15-16,19H2,1-3H3. The molecule has 1 aromatic heterocycles. The Balaban J connectivity index is 1.51. The Hall–Kier alpha value is -2.69. The van der Waals surface area contributed by atoms with Gasteiger partial charge in [0.05, 0.1) is 12.7 Å². The van der Waals surface area contributed by atoms with Crippen molar-refractivity contribution in [3.8, 4) is 16.9 Å². The number of nitrogens with zero attached hydrogens (tertiary/aromatic N) is 2. The molecule has 0 aliphatic carbocycles. The highest BCUT2D eigenvalue weighted by molar-refractivity contribution is 5.73. The minimum absolute atomic E-state index is 0.170. The Morgan fingerprint density at radius 1 is 0.967 bits per heavy atom. The number of benzene rings is 2. The van der Waals surface area contributed by atoms with Gasteiger partial charge in [0, 0.05) is 44.7 Å². The average molecular weight is 403 g/mol. The van der Waals surface area contributed by atoms with Crippen LogP contribution in [0, 0.1) is 6.92 Å². The van der Waals surface area contributed by atoms with Crippen LogP contribution in [0.5, 0.6) is 5.75 Å². The highest BCUT2D eigenvalue weighted by Crippen LogP contribution is 2.37. The second-order valence-corrected chi connectivity index (χ2v) is 8.07. The van der Waals surface area contributed by atoms with Crippen LogP contribution in [0.25, 0.3) is 11.1 Å². The van der Waals surface area contributed by atoms with Gasteiger partial charge in [-0.2, -0.15) is 0 Å². The summed E-state index contributed by atoms with van der Waals surface area (Å²) < 4.78 is 11.7. The van der Waals surface area contributed by atoms with Crippen LogP contribution < -0.4 is 4.74 Å². The second kappa shape index (κ2) is 8.99. The molecule has 0 unspecified atom stereocenters. The molecule has 1 aliphatic heterocycles. The zero-order valence-corrected chi connectivity index (χ0v) is 18.1. The molecule has 1 aliphatic rings. The normalized spacial score (nSPS) is 16.4. The first-order chi connectivity index (χ1) is 14.6. The Bertz CT molecular complexity index is 979. The number of aryl methyl sites for hydroxylation is 1. The molecule has 0 radical (unpaired) electrons. The van der Waals surface area contributed by atoms with Gasteiger partial charge in [0.15, 0.2) is 0 Å². The maximum atomic E-state index is 6.03. The van der Waals surface area contributed by atoms with Crippen molar-refractivity contribution in [3.05, 3.63) is 83.7 Å². The number of aromatic nitrogens is 1. The summed E-state index contributed by atoms with van der Waals surface area (Å²) in [6.07, 6.45) is 5.74. The van der Waals surface area contributed by atoms with Crippen molar-refractivity contribution >= 4 is 0 Å². The zero-order chi connectivity index (χ0) is 21.0. The van der Waals surface area contributed by atoms with E-state index in [0.29, 0.717) is 0 Å². The number of pyridine rings is 1. The SMILES string of the molecule is COc1ccc(CN2CCC(OC)(c3ccccc3)CC2)cc1-c1ccncc1C. The third kappa shape index (κ3) is 4.11. The summed E-state index contributed by atoms with van der Waals surface area (Å²) in [5, 5.41) is 0. The average Bonchev–Trinajstić information content (AvgIpc) is 2.81. The molecule has 0 saturated carbocycles. The monoisotopic (exact) mass is 402 g/mol. The van der Waals surface area contributed by atoms with Gasteiger partial charge in [0.25, 0.3) is 0 Å². The van der Waals surface area contributed by atoms with E-state index < -0.39 is 0 Å². The van der Waals surface area contributed by atoms with Gasteiger partial charge in [-0.1, -0.05) is 36.4 Å². The maximum absolute atomic E-state index is 6.03. The lowest BCUT2D eigenvalue weighted by molar-refractivity contribution is -0.0637. The van der Waals surface area contributed by atoms with Gasteiger partial charge < -0.3 is 9.47 Å². The second-order valence-electron chi connectivity index (χ2n) is 8.07. The van der Waals surface area contributed by atoms with Gasteiger partial charge in [0.2, 0.25) is 0 Å². The summed E-state index contributed by atoms with van der Waals surface area (Å²) in [5.74, 6) is 0.897. The van der Waals surface area contributed by atoms with Crippen LogP contribution in [0.3, 0.4) is 0 Å².